The van der Waals surface area contributed by atoms with Gasteiger partial charge in [-0.3, -0.25) is 15.5 Å². The maximum Gasteiger partial charge on any atom is 0.433 e. The third-order valence-electron chi connectivity index (χ3n) is 2.66. The molecular weight excluding hydrogens is 276 g/mol. The van der Waals surface area contributed by atoms with Crippen LogP contribution in [0.1, 0.15) is 5.76 Å². The lowest BCUT2D eigenvalue weighted by atomic mass is 10.3. The molecule has 1 aliphatic heterocycles. The summed E-state index contributed by atoms with van der Waals surface area (Å²) in [5, 5.41) is 14.4. The minimum absolute atomic E-state index is 0.270. The number of benzene rings is 1. The fraction of sp³-hybridized carbons (Fsp3) is 0.0769. The molecule has 1 aromatic heterocycles. The number of furan rings is 1. The highest BCUT2D eigenvalue weighted by molar-refractivity contribution is 5.89. The molecule has 0 bridgehead atoms. The van der Waals surface area contributed by atoms with Crippen LogP contribution in [-0.2, 0) is 0 Å². The lowest BCUT2D eigenvalue weighted by molar-refractivity contribution is -0.402. The smallest absolute Gasteiger partial charge is 0.433 e. The molecule has 0 fully saturated rings. The number of nitrogens with zero attached hydrogens (tertiary/aromatic N) is 3. The Balaban J connectivity index is 1.66. The van der Waals surface area contributed by atoms with Crippen LogP contribution in [0.15, 0.2) is 50.9 Å². The molecule has 0 aliphatic carbocycles. The quantitative estimate of drug-likeness (QED) is 0.529. The Hall–Kier alpha value is -3.16. The summed E-state index contributed by atoms with van der Waals surface area (Å²) in [6, 6.07) is 10.1. The first-order chi connectivity index (χ1) is 10.2. The van der Waals surface area contributed by atoms with Gasteiger partial charge in [0, 0.05) is 0 Å². The Kier molecular flexibility index (Phi) is 3.34. The second-order valence-electron chi connectivity index (χ2n) is 4.12. The lowest BCUT2D eigenvalue weighted by Crippen LogP contribution is -2.27. The Labute approximate surface area is 118 Å². The first-order valence-corrected chi connectivity index (χ1v) is 6.05. The van der Waals surface area contributed by atoms with Crippen LogP contribution in [-0.4, -0.2) is 23.6 Å². The van der Waals surface area contributed by atoms with Gasteiger partial charge in [-0.15, -0.1) is 0 Å². The Bertz CT molecular complexity index is 735. The van der Waals surface area contributed by atoms with Crippen molar-refractivity contribution in [2.75, 3.05) is 6.61 Å². The standard InChI is InChI=1S/C13H10N4O4/c18-17(19)13-6-5-9(21-13)7-14-16-12-8-20-11-4-2-1-3-10(11)15-12/h1-7H,8H2,(H,15,16). The first kappa shape index (κ1) is 12.9. The zero-order valence-corrected chi connectivity index (χ0v) is 10.7. The molecule has 3 rings (SSSR count). The van der Waals surface area contributed by atoms with Crippen molar-refractivity contribution in [1.29, 1.82) is 0 Å². The number of hydrogen-bond acceptors (Lipinski definition) is 7. The summed E-state index contributed by atoms with van der Waals surface area (Å²) < 4.78 is 10.4. The Morgan fingerprint density at radius 2 is 2.19 bits per heavy atom. The van der Waals surface area contributed by atoms with Gasteiger partial charge in [0.2, 0.25) is 0 Å². The highest BCUT2D eigenvalue weighted by Crippen LogP contribution is 2.29. The second-order valence-corrected chi connectivity index (χ2v) is 4.12. The summed E-state index contributed by atoms with van der Waals surface area (Å²) in [6.45, 7) is 0.270. The number of para-hydroxylation sites is 2. The van der Waals surface area contributed by atoms with Crippen molar-refractivity contribution in [3.05, 3.63) is 52.3 Å². The zero-order chi connectivity index (χ0) is 14.7. The maximum absolute atomic E-state index is 10.5. The van der Waals surface area contributed by atoms with E-state index in [1.165, 1.54) is 18.3 Å². The van der Waals surface area contributed by atoms with E-state index in [0.29, 0.717) is 11.6 Å². The molecule has 8 nitrogen and oxygen atoms in total. The normalized spacial score (nSPS) is 13.4. The molecule has 106 valence electrons. The number of nitro groups is 1. The average molecular weight is 286 g/mol. The molecule has 0 saturated heterocycles. The number of ether oxygens (including phenoxy) is 1. The molecule has 0 spiro atoms. The Morgan fingerprint density at radius 3 is 3.00 bits per heavy atom. The minimum Gasteiger partial charge on any atom is -0.483 e. The van der Waals surface area contributed by atoms with Crippen LogP contribution in [0.4, 0.5) is 11.6 Å². The molecule has 0 atom stereocenters. The number of nitrogens with one attached hydrogen (secondary N) is 1. The summed E-state index contributed by atoms with van der Waals surface area (Å²) in [5.41, 5.74) is 3.43. The number of aliphatic imine (C=N–C) groups is 1. The summed E-state index contributed by atoms with van der Waals surface area (Å²) in [7, 11) is 0. The van der Waals surface area contributed by atoms with Gasteiger partial charge >= 0.3 is 5.88 Å². The number of amidine groups is 1. The minimum atomic E-state index is -0.610. The highest BCUT2D eigenvalue weighted by Gasteiger charge is 2.12. The van der Waals surface area contributed by atoms with E-state index in [-0.39, 0.29) is 18.3 Å². The summed E-state index contributed by atoms with van der Waals surface area (Å²) in [6.07, 6.45) is 1.33. The van der Waals surface area contributed by atoms with Crippen molar-refractivity contribution in [3.8, 4) is 5.75 Å². The first-order valence-electron chi connectivity index (χ1n) is 6.05. The largest absolute Gasteiger partial charge is 0.483 e. The fourth-order valence-corrected chi connectivity index (χ4v) is 1.73. The molecule has 8 heteroatoms. The van der Waals surface area contributed by atoms with Gasteiger partial charge in [0.15, 0.2) is 11.6 Å². The van der Waals surface area contributed by atoms with Gasteiger partial charge in [-0.25, -0.2) is 4.99 Å². The van der Waals surface area contributed by atoms with Gasteiger partial charge in [0.25, 0.3) is 0 Å². The summed E-state index contributed by atoms with van der Waals surface area (Å²) >= 11 is 0. The molecule has 1 aromatic carbocycles. The maximum atomic E-state index is 10.5. The van der Waals surface area contributed by atoms with Crippen molar-refractivity contribution in [2.24, 2.45) is 10.1 Å². The van der Waals surface area contributed by atoms with E-state index in [9.17, 15) is 10.1 Å². The molecule has 1 aliphatic rings. The van der Waals surface area contributed by atoms with E-state index < -0.39 is 4.92 Å². The van der Waals surface area contributed by atoms with Gasteiger partial charge in [0.1, 0.15) is 23.0 Å². The summed E-state index contributed by atoms with van der Waals surface area (Å²) in [5.74, 6) is 1.19. The van der Waals surface area contributed by atoms with E-state index in [0.717, 1.165) is 5.69 Å². The van der Waals surface area contributed by atoms with Crippen molar-refractivity contribution < 1.29 is 14.1 Å². The Morgan fingerprint density at radius 1 is 1.33 bits per heavy atom. The fourth-order valence-electron chi connectivity index (χ4n) is 1.73. The predicted octanol–water partition coefficient (Wildman–Crippen LogP) is 2.23. The number of rotatable bonds is 3. The van der Waals surface area contributed by atoms with Gasteiger partial charge in [-0.1, -0.05) is 12.1 Å². The van der Waals surface area contributed by atoms with Gasteiger partial charge in [0.05, 0.1) is 12.3 Å². The van der Waals surface area contributed by atoms with E-state index in [1.54, 1.807) is 0 Å². The SMILES string of the molecule is O=[N+]([O-])c1ccc(C=NNC2=Nc3ccccc3OC2)o1. The topological polar surface area (TPSA) is 102 Å². The number of hydrazone groups is 1. The lowest BCUT2D eigenvalue weighted by Gasteiger charge is -2.15. The van der Waals surface area contributed by atoms with Crippen LogP contribution >= 0.6 is 0 Å². The number of hydrogen-bond donors (Lipinski definition) is 1. The highest BCUT2D eigenvalue weighted by atomic mass is 16.6. The van der Waals surface area contributed by atoms with E-state index >= 15 is 0 Å². The molecular formula is C13H10N4O4. The van der Waals surface area contributed by atoms with Gasteiger partial charge < -0.3 is 9.15 Å². The van der Waals surface area contributed by atoms with Crippen LogP contribution in [0, 0.1) is 10.1 Å². The predicted molar refractivity (Wildman–Crippen MR) is 75.1 cm³/mol. The second kappa shape index (κ2) is 5.45. The van der Waals surface area contributed by atoms with Crippen molar-refractivity contribution >= 4 is 23.6 Å². The summed E-state index contributed by atoms with van der Waals surface area (Å²) in [4.78, 5) is 14.2. The molecule has 1 N–H and O–H groups in total. The molecule has 0 unspecified atom stereocenters. The van der Waals surface area contributed by atoms with Crippen LogP contribution in [0.5, 0.6) is 5.75 Å². The molecule has 2 aromatic rings. The van der Waals surface area contributed by atoms with Gasteiger partial charge in [-0.05, 0) is 18.2 Å². The van der Waals surface area contributed by atoms with Crippen LogP contribution < -0.4 is 10.2 Å². The van der Waals surface area contributed by atoms with E-state index in [1.807, 2.05) is 24.3 Å². The average Bonchev–Trinajstić information content (AvgIpc) is 2.96. The molecule has 0 saturated carbocycles. The third kappa shape index (κ3) is 2.89. The third-order valence-corrected chi connectivity index (χ3v) is 2.66. The molecule has 0 amide bonds. The number of fused-ring (bicyclic) bond motifs is 1. The van der Waals surface area contributed by atoms with E-state index in [2.05, 4.69) is 15.5 Å². The van der Waals surface area contributed by atoms with Crippen molar-refractivity contribution in [1.82, 2.24) is 5.43 Å². The molecule has 0 radical (unpaired) electrons. The van der Waals surface area contributed by atoms with Crippen LogP contribution in [0.25, 0.3) is 0 Å². The monoisotopic (exact) mass is 286 g/mol. The van der Waals surface area contributed by atoms with Crippen LogP contribution in [0.2, 0.25) is 0 Å². The van der Waals surface area contributed by atoms with E-state index in [4.69, 9.17) is 9.15 Å². The van der Waals surface area contributed by atoms with Crippen molar-refractivity contribution in [3.63, 3.8) is 0 Å². The molecule has 21 heavy (non-hydrogen) atoms. The van der Waals surface area contributed by atoms with Crippen molar-refractivity contribution in [2.45, 2.75) is 0 Å². The molecule has 2 heterocycles. The zero-order valence-electron chi connectivity index (χ0n) is 10.7. The van der Waals surface area contributed by atoms with Crippen LogP contribution in [0.3, 0.4) is 0 Å². The van der Waals surface area contributed by atoms with Gasteiger partial charge in [-0.2, -0.15) is 5.10 Å².